The second kappa shape index (κ2) is 8.06. The van der Waals surface area contributed by atoms with Crippen LogP contribution in [-0.2, 0) is 6.54 Å². The van der Waals surface area contributed by atoms with E-state index in [1.165, 1.54) is 0 Å². The maximum atomic E-state index is 6.08. The van der Waals surface area contributed by atoms with Gasteiger partial charge in [-0.15, -0.1) is 0 Å². The van der Waals surface area contributed by atoms with Crippen LogP contribution in [0.1, 0.15) is 11.4 Å². The molecule has 0 unspecified atom stereocenters. The summed E-state index contributed by atoms with van der Waals surface area (Å²) >= 11 is 0. The van der Waals surface area contributed by atoms with Gasteiger partial charge >= 0.3 is 0 Å². The van der Waals surface area contributed by atoms with Crippen LogP contribution in [0.2, 0.25) is 0 Å². The second-order valence-corrected chi connectivity index (χ2v) is 8.27. The first-order chi connectivity index (χ1) is 16.2. The van der Waals surface area contributed by atoms with E-state index < -0.39 is 0 Å². The number of aromatic amines is 1. The average Bonchev–Trinajstić information content (AvgIpc) is 3.10. The Bertz CT molecular complexity index is 1440. The van der Waals surface area contributed by atoms with E-state index in [0.717, 1.165) is 69.5 Å². The van der Waals surface area contributed by atoms with Gasteiger partial charge in [0.15, 0.2) is 0 Å². The van der Waals surface area contributed by atoms with Gasteiger partial charge in [-0.2, -0.15) is 0 Å². The van der Waals surface area contributed by atoms with Crippen LogP contribution in [0.25, 0.3) is 33.4 Å². The van der Waals surface area contributed by atoms with E-state index in [2.05, 4.69) is 79.4 Å². The number of ether oxygens (including phenoxy) is 1. The molecule has 0 amide bonds. The van der Waals surface area contributed by atoms with E-state index in [1.807, 2.05) is 25.1 Å². The van der Waals surface area contributed by atoms with Gasteiger partial charge in [-0.25, -0.2) is 15.0 Å². The van der Waals surface area contributed by atoms with Gasteiger partial charge in [0.2, 0.25) is 0 Å². The highest BCUT2D eigenvalue weighted by atomic mass is 16.5. The van der Waals surface area contributed by atoms with Gasteiger partial charge in [-0.3, -0.25) is 0 Å². The highest BCUT2D eigenvalue weighted by Gasteiger charge is 2.18. The summed E-state index contributed by atoms with van der Waals surface area (Å²) in [4.78, 5) is 19.1. The molecule has 1 N–H and O–H groups in total. The molecular formula is C27H23N5O. The SMILES string of the molecule is Cc1nc2ccc(-c3ccc4c(c3)CN(c3cc(-c5ccccc5)ncn3)CCO4)cc2[nH]1. The molecule has 33 heavy (non-hydrogen) atoms. The number of nitrogens with one attached hydrogen (secondary N) is 1. The van der Waals surface area contributed by atoms with Crippen molar-refractivity contribution >= 4 is 16.9 Å². The van der Waals surface area contributed by atoms with Crippen LogP contribution in [-0.4, -0.2) is 33.1 Å². The maximum Gasteiger partial charge on any atom is 0.132 e. The van der Waals surface area contributed by atoms with E-state index in [1.54, 1.807) is 6.33 Å². The van der Waals surface area contributed by atoms with Gasteiger partial charge in [-0.1, -0.05) is 42.5 Å². The quantitative estimate of drug-likeness (QED) is 0.413. The summed E-state index contributed by atoms with van der Waals surface area (Å²) < 4.78 is 6.08. The highest BCUT2D eigenvalue weighted by molar-refractivity contribution is 5.82. The minimum atomic E-state index is 0.608. The molecule has 1 aliphatic rings. The van der Waals surface area contributed by atoms with Crippen LogP contribution >= 0.6 is 0 Å². The third-order valence-electron chi connectivity index (χ3n) is 6.02. The normalized spacial score (nSPS) is 13.4. The Labute approximate surface area is 191 Å². The summed E-state index contributed by atoms with van der Waals surface area (Å²) in [6, 6.07) is 25.0. The molecule has 6 nitrogen and oxygen atoms in total. The van der Waals surface area contributed by atoms with E-state index in [0.29, 0.717) is 6.61 Å². The molecular weight excluding hydrogens is 410 g/mol. The lowest BCUT2D eigenvalue weighted by Gasteiger charge is -2.21. The minimum Gasteiger partial charge on any atom is -0.491 e. The van der Waals surface area contributed by atoms with Gasteiger partial charge in [0.1, 0.15) is 30.3 Å². The second-order valence-electron chi connectivity index (χ2n) is 8.27. The zero-order valence-corrected chi connectivity index (χ0v) is 18.3. The number of imidazole rings is 1. The number of aryl methyl sites for hydroxylation is 1. The topological polar surface area (TPSA) is 66.9 Å². The van der Waals surface area contributed by atoms with E-state index in [9.17, 15) is 0 Å². The van der Waals surface area contributed by atoms with Crippen molar-refractivity contribution in [3.05, 3.63) is 90.5 Å². The molecule has 6 heteroatoms. The van der Waals surface area contributed by atoms with Crippen molar-refractivity contribution in [2.24, 2.45) is 0 Å². The van der Waals surface area contributed by atoms with E-state index in [-0.39, 0.29) is 0 Å². The van der Waals surface area contributed by atoms with Crippen LogP contribution in [0.5, 0.6) is 5.75 Å². The van der Waals surface area contributed by atoms with E-state index in [4.69, 9.17) is 4.74 Å². The fourth-order valence-electron chi connectivity index (χ4n) is 4.37. The largest absolute Gasteiger partial charge is 0.491 e. The van der Waals surface area contributed by atoms with Crippen LogP contribution in [0.4, 0.5) is 5.82 Å². The maximum absolute atomic E-state index is 6.08. The number of benzene rings is 3. The molecule has 0 fully saturated rings. The molecule has 0 aliphatic carbocycles. The number of nitrogens with zero attached hydrogens (tertiary/aromatic N) is 4. The van der Waals surface area contributed by atoms with Crippen molar-refractivity contribution < 1.29 is 4.74 Å². The lowest BCUT2D eigenvalue weighted by atomic mass is 10.0. The molecule has 162 valence electrons. The molecule has 0 saturated carbocycles. The Morgan fingerprint density at radius 2 is 1.73 bits per heavy atom. The number of hydrogen-bond donors (Lipinski definition) is 1. The highest BCUT2D eigenvalue weighted by Crippen LogP contribution is 2.32. The van der Waals surface area contributed by atoms with Crippen molar-refractivity contribution in [3.63, 3.8) is 0 Å². The van der Waals surface area contributed by atoms with Crippen molar-refractivity contribution in [1.82, 2.24) is 19.9 Å². The van der Waals surface area contributed by atoms with Crippen LogP contribution in [0.3, 0.4) is 0 Å². The first-order valence-corrected chi connectivity index (χ1v) is 11.1. The number of H-pyrrole nitrogens is 1. The molecule has 0 atom stereocenters. The predicted molar refractivity (Wildman–Crippen MR) is 130 cm³/mol. The molecule has 3 aromatic carbocycles. The predicted octanol–water partition coefficient (Wildman–Crippen LogP) is 5.39. The Morgan fingerprint density at radius 1 is 0.879 bits per heavy atom. The summed E-state index contributed by atoms with van der Waals surface area (Å²) in [6.45, 7) is 4.06. The van der Waals surface area contributed by atoms with Crippen molar-refractivity contribution in [1.29, 1.82) is 0 Å². The minimum absolute atomic E-state index is 0.608. The molecule has 6 rings (SSSR count). The zero-order valence-electron chi connectivity index (χ0n) is 18.3. The van der Waals surface area contributed by atoms with Gasteiger partial charge in [-0.05, 0) is 42.3 Å². The molecule has 5 aromatic rings. The number of fused-ring (bicyclic) bond motifs is 2. The molecule has 2 aromatic heterocycles. The van der Waals surface area contributed by atoms with Crippen LogP contribution < -0.4 is 9.64 Å². The summed E-state index contributed by atoms with van der Waals surface area (Å²) in [5.41, 5.74) is 7.48. The van der Waals surface area contributed by atoms with Gasteiger partial charge < -0.3 is 14.6 Å². The summed E-state index contributed by atoms with van der Waals surface area (Å²) in [5.74, 6) is 2.75. The number of hydrogen-bond acceptors (Lipinski definition) is 5. The Morgan fingerprint density at radius 3 is 2.64 bits per heavy atom. The van der Waals surface area contributed by atoms with Crippen molar-refractivity contribution in [2.45, 2.75) is 13.5 Å². The molecule has 0 spiro atoms. The number of anilines is 1. The fraction of sp³-hybridized carbons (Fsp3) is 0.148. The van der Waals surface area contributed by atoms with Crippen LogP contribution in [0.15, 0.2) is 79.1 Å². The van der Waals surface area contributed by atoms with Crippen molar-refractivity contribution in [2.75, 3.05) is 18.1 Å². The van der Waals surface area contributed by atoms with Crippen LogP contribution in [0, 0.1) is 6.92 Å². The lowest BCUT2D eigenvalue weighted by molar-refractivity contribution is 0.331. The van der Waals surface area contributed by atoms with E-state index >= 15 is 0 Å². The number of aromatic nitrogens is 4. The summed E-state index contributed by atoms with van der Waals surface area (Å²) in [7, 11) is 0. The third kappa shape index (κ3) is 3.80. The number of rotatable bonds is 3. The first-order valence-electron chi connectivity index (χ1n) is 11.1. The third-order valence-corrected chi connectivity index (χ3v) is 6.02. The average molecular weight is 434 g/mol. The molecule has 0 bridgehead atoms. The molecule has 0 saturated heterocycles. The summed E-state index contributed by atoms with van der Waals surface area (Å²) in [5, 5.41) is 0. The molecule has 0 radical (unpaired) electrons. The Hall–Kier alpha value is -4.19. The van der Waals surface area contributed by atoms with Gasteiger partial charge in [0.05, 0.1) is 23.3 Å². The first kappa shape index (κ1) is 19.5. The Kier molecular flexibility index (Phi) is 4.76. The van der Waals surface area contributed by atoms with Gasteiger partial charge in [0, 0.05) is 23.7 Å². The Balaban J connectivity index is 1.33. The zero-order chi connectivity index (χ0) is 22.2. The van der Waals surface area contributed by atoms with Gasteiger partial charge in [0.25, 0.3) is 0 Å². The standard InChI is InChI=1S/C27H23N5O/c1-18-30-23-9-7-21(14-25(23)31-18)20-8-10-26-22(13-20)16-32(11-12-33-26)27-15-24(28-17-29-27)19-5-3-2-4-6-19/h2-10,13-15,17H,11-12,16H2,1H3,(H,30,31). The smallest absolute Gasteiger partial charge is 0.132 e. The molecule has 3 heterocycles. The summed E-state index contributed by atoms with van der Waals surface area (Å²) in [6.07, 6.45) is 1.64. The monoisotopic (exact) mass is 433 g/mol. The lowest BCUT2D eigenvalue weighted by Crippen LogP contribution is -2.26. The van der Waals surface area contributed by atoms with Crippen molar-refractivity contribution in [3.8, 4) is 28.1 Å². The molecule has 1 aliphatic heterocycles. The fourth-order valence-corrected chi connectivity index (χ4v) is 4.37.